The Bertz CT molecular complexity index is 868. The molecular formula is C19H20N2O3. The molecule has 1 aliphatic heterocycles. The molecule has 5 heteroatoms. The number of aliphatic hydroxyl groups is 1. The summed E-state index contributed by atoms with van der Waals surface area (Å²) in [5, 5.41) is 9.07. The Morgan fingerprint density at radius 2 is 1.79 bits per heavy atom. The van der Waals surface area contributed by atoms with Crippen LogP contribution in [0.5, 0.6) is 11.5 Å². The number of fused-ring (bicyclic) bond motifs is 2. The number of benzene rings is 2. The molecule has 0 fully saturated rings. The van der Waals surface area contributed by atoms with Gasteiger partial charge in [-0.3, -0.25) is 4.57 Å². The van der Waals surface area contributed by atoms with Crippen LogP contribution < -0.4 is 9.47 Å². The molecule has 2 aromatic carbocycles. The fourth-order valence-electron chi connectivity index (χ4n) is 3.13. The van der Waals surface area contributed by atoms with Crippen LogP contribution >= 0.6 is 0 Å². The second-order valence-electron chi connectivity index (χ2n) is 5.84. The zero-order valence-electron chi connectivity index (χ0n) is 13.7. The number of hydrogen-bond acceptors (Lipinski definition) is 4. The molecule has 4 rings (SSSR count). The van der Waals surface area contributed by atoms with Crippen LogP contribution in [0.4, 0.5) is 0 Å². The predicted molar refractivity (Wildman–Crippen MR) is 92.2 cm³/mol. The van der Waals surface area contributed by atoms with E-state index in [0.717, 1.165) is 46.0 Å². The summed E-state index contributed by atoms with van der Waals surface area (Å²) in [7, 11) is 0. The molecule has 5 nitrogen and oxygen atoms in total. The Labute approximate surface area is 140 Å². The second kappa shape index (κ2) is 6.17. The van der Waals surface area contributed by atoms with E-state index >= 15 is 0 Å². The SMILES string of the molecule is CCc1nc2cc3c(cc2n1-c1ccc(CCO)cc1)OCCO3. The Morgan fingerprint density at radius 3 is 2.46 bits per heavy atom. The summed E-state index contributed by atoms with van der Waals surface area (Å²) >= 11 is 0. The largest absolute Gasteiger partial charge is 0.486 e. The number of ether oxygens (including phenoxy) is 2. The molecule has 0 amide bonds. The highest BCUT2D eigenvalue weighted by molar-refractivity contribution is 5.82. The quantitative estimate of drug-likeness (QED) is 0.802. The van der Waals surface area contributed by atoms with Crippen molar-refractivity contribution in [1.82, 2.24) is 9.55 Å². The summed E-state index contributed by atoms with van der Waals surface area (Å²) in [5.41, 5.74) is 4.12. The third-order valence-corrected chi connectivity index (χ3v) is 4.30. The lowest BCUT2D eigenvalue weighted by Crippen LogP contribution is -2.15. The fourth-order valence-corrected chi connectivity index (χ4v) is 3.13. The molecule has 1 aliphatic rings. The first kappa shape index (κ1) is 15.0. The van der Waals surface area contributed by atoms with Gasteiger partial charge >= 0.3 is 0 Å². The minimum absolute atomic E-state index is 0.164. The Hall–Kier alpha value is -2.53. The van der Waals surface area contributed by atoms with E-state index in [1.165, 1.54) is 0 Å². The first-order chi connectivity index (χ1) is 11.8. The molecule has 0 atom stereocenters. The minimum atomic E-state index is 0.164. The van der Waals surface area contributed by atoms with Crippen LogP contribution in [-0.4, -0.2) is 34.5 Å². The Kier molecular flexibility index (Phi) is 3.86. The summed E-state index contributed by atoms with van der Waals surface area (Å²) in [6, 6.07) is 12.2. The molecule has 1 aromatic heterocycles. The molecular weight excluding hydrogens is 304 g/mol. The summed E-state index contributed by atoms with van der Waals surface area (Å²) in [5.74, 6) is 2.54. The van der Waals surface area contributed by atoms with Crippen LogP contribution in [0.15, 0.2) is 36.4 Å². The van der Waals surface area contributed by atoms with Crippen LogP contribution in [0.25, 0.3) is 16.7 Å². The molecule has 0 unspecified atom stereocenters. The third-order valence-electron chi connectivity index (χ3n) is 4.30. The summed E-state index contributed by atoms with van der Waals surface area (Å²) < 4.78 is 13.6. The summed E-state index contributed by atoms with van der Waals surface area (Å²) in [6.07, 6.45) is 1.50. The highest BCUT2D eigenvalue weighted by Gasteiger charge is 2.18. The van der Waals surface area contributed by atoms with E-state index in [9.17, 15) is 0 Å². The van der Waals surface area contributed by atoms with Gasteiger partial charge in [0.25, 0.3) is 0 Å². The van der Waals surface area contributed by atoms with Gasteiger partial charge < -0.3 is 14.6 Å². The van der Waals surface area contributed by atoms with Gasteiger partial charge in [-0.25, -0.2) is 4.98 Å². The number of aromatic nitrogens is 2. The van der Waals surface area contributed by atoms with Crippen molar-refractivity contribution in [3.63, 3.8) is 0 Å². The van der Waals surface area contributed by atoms with E-state index in [4.69, 9.17) is 19.6 Å². The van der Waals surface area contributed by atoms with Crippen molar-refractivity contribution in [3.8, 4) is 17.2 Å². The first-order valence-corrected chi connectivity index (χ1v) is 8.31. The number of imidazole rings is 1. The van der Waals surface area contributed by atoms with Gasteiger partial charge in [0.2, 0.25) is 0 Å². The number of hydrogen-bond donors (Lipinski definition) is 1. The molecule has 1 N–H and O–H groups in total. The zero-order chi connectivity index (χ0) is 16.5. The summed E-state index contributed by atoms with van der Waals surface area (Å²) in [6.45, 7) is 3.41. The number of aliphatic hydroxyl groups excluding tert-OH is 1. The average molecular weight is 324 g/mol. The fraction of sp³-hybridized carbons (Fsp3) is 0.316. The van der Waals surface area contributed by atoms with Crippen LogP contribution in [0, 0.1) is 0 Å². The van der Waals surface area contributed by atoms with Crippen molar-refractivity contribution < 1.29 is 14.6 Å². The van der Waals surface area contributed by atoms with E-state index in [-0.39, 0.29) is 6.61 Å². The van der Waals surface area contributed by atoms with Gasteiger partial charge in [-0.1, -0.05) is 19.1 Å². The van der Waals surface area contributed by atoms with Gasteiger partial charge in [-0.05, 0) is 24.1 Å². The van der Waals surface area contributed by atoms with Gasteiger partial charge in [0.1, 0.15) is 19.0 Å². The molecule has 0 aliphatic carbocycles. The van der Waals surface area contributed by atoms with Crippen molar-refractivity contribution in [3.05, 3.63) is 47.8 Å². The lowest BCUT2D eigenvalue weighted by Gasteiger charge is -2.18. The Morgan fingerprint density at radius 1 is 1.08 bits per heavy atom. The zero-order valence-corrected chi connectivity index (χ0v) is 13.7. The van der Waals surface area contributed by atoms with Crippen LogP contribution in [-0.2, 0) is 12.8 Å². The predicted octanol–water partition coefficient (Wildman–Crippen LogP) is 2.89. The molecule has 0 bridgehead atoms. The first-order valence-electron chi connectivity index (χ1n) is 8.31. The van der Waals surface area contributed by atoms with Crippen LogP contribution in [0.2, 0.25) is 0 Å². The molecule has 0 saturated heterocycles. The van der Waals surface area contributed by atoms with Crippen molar-refractivity contribution in [1.29, 1.82) is 0 Å². The molecule has 0 spiro atoms. The van der Waals surface area contributed by atoms with Gasteiger partial charge in [0.15, 0.2) is 11.5 Å². The topological polar surface area (TPSA) is 56.5 Å². The third kappa shape index (κ3) is 2.51. The smallest absolute Gasteiger partial charge is 0.163 e. The van der Waals surface area contributed by atoms with Gasteiger partial charge in [-0.15, -0.1) is 0 Å². The molecule has 24 heavy (non-hydrogen) atoms. The van der Waals surface area contributed by atoms with Crippen molar-refractivity contribution in [2.75, 3.05) is 19.8 Å². The number of aryl methyl sites for hydroxylation is 1. The maximum absolute atomic E-state index is 9.07. The van der Waals surface area contributed by atoms with E-state index in [0.29, 0.717) is 19.6 Å². The van der Waals surface area contributed by atoms with Crippen molar-refractivity contribution in [2.24, 2.45) is 0 Å². The Balaban J connectivity index is 1.86. The standard InChI is InChI=1S/C19H20N2O3/c1-2-19-20-15-11-17-18(24-10-9-23-17)12-16(15)21(19)14-5-3-13(4-6-14)7-8-22/h3-6,11-12,22H,2,7-10H2,1H3. The molecule has 124 valence electrons. The number of nitrogens with zero attached hydrogens (tertiary/aromatic N) is 2. The lowest BCUT2D eigenvalue weighted by molar-refractivity contribution is 0.172. The molecule has 2 heterocycles. The normalized spacial score (nSPS) is 13.4. The molecule has 0 radical (unpaired) electrons. The highest BCUT2D eigenvalue weighted by Crippen LogP contribution is 2.35. The van der Waals surface area contributed by atoms with Gasteiger partial charge in [0.05, 0.1) is 11.0 Å². The monoisotopic (exact) mass is 324 g/mol. The summed E-state index contributed by atoms with van der Waals surface area (Å²) in [4.78, 5) is 4.76. The minimum Gasteiger partial charge on any atom is -0.486 e. The maximum Gasteiger partial charge on any atom is 0.163 e. The second-order valence-corrected chi connectivity index (χ2v) is 5.84. The maximum atomic E-state index is 9.07. The van der Waals surface area contributed by atoms with E-state index in [1.807, 2.05) is 12.1 Å². The van der Waals surface area contributed by atoms with E-state index in [1.54, 1.807) is 0 Å². The van der Waals surface area contributed by atoms with Gasteiger partial charge in [0, 0.05) is 30.8 Å². The van der Waals surface area contributed by atoms with Crippen LogP contribution in [0.3, 0.4) is 0 Å². The van der Waals surface area contributed by atoms with Gasteiger partial charge in [-0.2, -0.15) is 0 Å². The molecule has 0 saturated carbocycles. The number of rotatable bonds is 4. The van der Waals surface area contributed by atoms with Crippen molar-refractivity contribution >= 4 is 11.0 Å². The van der Waals surface area contributed by atoms with E-state index in [2.05, 4.69) is 35.8 Å². The van der Waals surface area contributed by atoms with Crippen LogP contribution in [0.1, 0.15) is 18.3 Å². The van der Waals surface area contributed by atoms with Crippen molar-refractivity contribution in [2.45, 2.75) is 19.8 Å². The van der Waals surface area contributed by atoms with E-state index < -0.39 is 0 Å². The average Bonchev–Trinajstić information content (AvgIpc) is 2.98. The highest BCUT2D eigenvalue weighted by atomic mass is 16.6. The lowest BCUT2D eigenvalue weighted by atomic mass is 10.1. The molecule has 3 aromatic rings.